The Morgan fingerprint density at radius 2 is 2.33 bits per heavy atom. The van der Waals surface area contributed by atoms with Crippen molar-refractivity contribution in [1.29, 1.82) is 0 Å². The SMILES string of the molecule is CC(CNc1ccc(F)cc1Cl)C(N)=O. The molecule has 5 heteroatoms. The molecule has 0 aliphatic carbocycles. The van der Waals surface area contributed by atoms with Gasteiger partial charge in [0.15, 0.2) is 0 Å². The zero-order chi connectivity index (χ0) is 11.4. The fourth-order valence-corrected chi connectivity index (χ4v) is 1.23. The number of benzene rings is 1. The molecule has 3 N–H and O–H groups in total. The summed E-state index contributed by atoms with van der Waals surface area (Å²) in [6.45, 7) is 2.08. The third-order valence-electron chi connectivity index (χ3n) is 2.02. The lowest BCUT2D eigenvalue weighted by atomic mass is 10.1. The van der Waals surface area contributed by atoms with Crippen LogP contribution in [0.5, 0.6) is 0 Å². The van der Waals surface area contributed by atoms with Crippen molar-refractivity contribution in [2.75, 3.05) is 11.9 Å². The van der Waals surface area contributed by atoms with E-state index in [0.29, 0.717) is 12.2 Å². The molecular weight excluding hydrogens is 219 g/mol. The smallest absolute Gasteiger partial charge is 0.222 e. The maximum atomic E-state index is 12.7. The monoisotopic (exact) mass is 230 g/mol. The summed E-state index contributed by atoms with van der Waals surface area (Å²) in [5.74, 6) is -1.08. The molecule has 0 bridgehead atoms. The highest BCUT2D eigenvalue weighted by Crippen LogP contribution is 2.22. The minimum atomic E-state index is -0.395. The Bertz CT molecular complexity index is 370. The Morgan fingerprint density at radius 3 is 2.87 bits per heavy atom. The molecule has 1 aromatic carbocycles. The molecule has 15 heavy (non-hydrogen) atoms. The molecule has 0 heterocycles. The summed E-state index contributed by atoms with van der Waals surface area (Å²) >= 11 is 5.77. The Morgan fingerprint density at radius 1 is 1.67 bits per heavy atom. The summed E-state index contributed by atoms with van der Waals surface area (Å²) in [6, 6.07) is 4.02. The van der Waals surface area contributed by atoms with Crippen LogP contribution in [0, 0.1) is 11.7 Å². The van der Waals surface area contributed by atoms with Crippen LogP contribution >= 0.6 is 11.6 Å². The Hall–Kier alpha value is -1.29. The average molecular weight is 231 g/mol. The summed E-state index contributed by atoms with van der Waals surface area (Å²) in [5.41, 5.74) is 5.68. The zero-order valence-electron chi connectivity index (χ0n) is 8.26. The number of rotatable bonds is 4. The van der Waals surface area contributed by atoms with Crippen LogP contribution in [0.15, 0.2) is 18.2 Å². The largest absolute Gasteiger partial charge is 0.383 e. The van der Waals surface area contributed by atoms with Gasteiger partial charge in [-0.05, 0) is 18.2 Å². The van der Waals surface area contributed by atoms with Crippen LogP contribution in [0.2, 0.25) is 5.02 Å². The standard InChI is InChI=1S/C10H12ClFN2O/c1-6(10(13)15)5-14-9-3-2-7(12)4-8(9)11/h2-4,6,14H,5H2,1H3,(H2,13,15). The molecule has 1 amide bonds. The summed E-state index contributed by atoms with van der Waals surface area (Å²) in [5, 5.41) is 3.21. The van der Waals surface area contributed by atoms with Gasteiger partial charge in [0.1, 0.15) is 5.82 Å². The number of anilines is 1. The van der Waals surface area contributed by atoms with Crippen molar-refractivity contribution in [2.24, 2.45) is 11.7 Å². The van der Waals surface area contributed by atoms with Crippen LogP contribution < -0.4 is 11.1 Å². The third-order valence-corrected chi connectivity index (χ3v) is 2.33. The second-order valence-electron chi connectivity index (χ2n) is 3.31. The Labute approximate surface area is 92.4 Å². The van der Waals surface area contributed by atoms with Crippen molar-refractivity contribution < 1.29 is 9.18 Å². The molecule has 0 aliphatic heterocycles. The van der Waals surface area contributed by atoms with Crippen molar-refractivity contribution in [2.45, 2.75) is 6.92 Å². The molecule has 0 aromatic heterocycles. The van der Waals surface area contributed by atoms with Gasteiger partial charge in [0, 0.05) is 6.54 Å². The van der Waals surface area contributed by atoms with Gasteiger partial charge in [-0.3, -0.25) is 4.79 Å². The second-order valence-corrected chi connectivity index (χ2v) is 3.72. The van der Waals surface area contributed by atoms with E-state index in [0.717, 1.165) is 0 Å². The first-order valence-corrected chi connectivity index (χ1v) is 4.86. The Kier molecular flexibility index (Phi) is 3.91. The lowest BCUT2D eigenvalue weighted by Gasteiger charge is -2.11. The number of carbonyl (C=O) groups is 1. The summed E-state index contributed by atoms with van der Waals surface area (Å²) in [4.78, 5) is 10.7. The zero-order valence-corrected chi connectivity index (χ0v) is 9.01. The van der Waals surface area contributed by atoms with Crippen LogP contribution in [0.3, 0.4) is 0 Å². The molecule has 1 aromatic rings. The van der Waals surface area contributed by atoms with Crippen molar-refractivity contribution in [3.05, 3.63) is 29.0 Å². The van der Waals surface area contributed by atoms with E-state index >= 15 is 0 Å². The van der Waals surface area contributed by atoms with Crippen LogP contribution in [-0.4, -0.2) is 12.5 Å². The highest BCUT2D eigenvalue weighted by molar-refractivity contribution is 6.33. The first-order chi connectivity index (χ1) is 7.00. The van der Waals surface area contributed by atoms with E-state index in [1.165, 1.54) is 18.2 Å². The summed E-state index contributed by atoms with van der Waals surface area (Å²) < 4.78 is 12.7. The summed E-state index contributed by atoms with van der Waals surface area (Å²) in [6.07, 6.45) is 0. The van der Waals surface area contributed by atoms with Gasteiger partial charge in [0.05, 0.1) is 16.6 Å². The molecule has 0 spiro atoms. The lowest BCUT2D eigenvalue weighted by Crippen LogP contribution is -2.26. The van der Waals surface area contributed by atoms with Crippen molar-refractivity contribution in [1.82, 2.24) is 0 Å². The van der Waals surface area contributed by atoms with Gasteiger partial charge in [-0.15, -0.1) is 0 Å². The minimum absolute atomic E-state index is 0.284. The predicted octanol–water partition coefficient (Wildman–Crippen LogP) is 2.01. The van der Waals surface area contributed by atoms with Gasteiger partial charge in [-0.25, -0.2) is 4.39 Å². The maximum absolute atomic E-state index is 12.7. The minimum Gasteiger partial charge on any atom is -0.383 e. The normalized spacial score (nSPS) is 12.2. The van der Waals surface area contributed by atoms with Crippen molar-refractivity contribution >= 4 is 23.2 Å². The molecule has 0 radical (unpaired) electrons. The lowest BCUT2D eigenvalue weighted by molar-refractivity contribution is -0.120. The summed E-state index contributed by atoms with van der Waals surface area (Å²) in [7, 11) is 0. The van der Waals surface area contributed by atoms with E-state index in [4.69, 9.17) is 17.3 Å². The molecule has 1 rings (SSSR count). The van der Waals surface area contributed by atoms with E-state index in [9.17, 15) is 9.18 Å². The van der Waals surface area contributed by atoms with Gasteiger partial charge < -0.3 is 11.1 Å². The molecule has 0 aliphatic rings. The van der Waals surface area contributed by atoms with E-state index in [1.807, 2.05) is 0 Å². The predicted molar refractivity (Wildman–Crippen MR) is 58.3 cm³/mol. The van der Waals surface area contributed by atoms with E-state index < -0.39 is 5.82 Å². The van der Waals surface area contributed by atoms with E-state index in [-0.39, 0.29) is 16.8 Å². The van der Waals surface area contributed by atoms with E-state index in [2.05, 4.69) is 5.32 Å². The van der Waals surface area contributed by atoms with Gasteiger partial charge in [0.25, 0.3) is 0 Å². The number of nitrogens with one attached hydrogen (secondary N) is 1. The topological polar surface area (TPSA) is 55.1 Å². The van der Waals surface area contributed by atoms with Crippen LogP contribution in [0.25, 0.3) is 0 Å². The molecule has 1 unspecified atom stereocenters. The van der Waals surface area contributed by atoms with Gasteiger partial charge in [-0.1, -0.05) is 18.5 Å². The molecule has 0 saturated heterocycles. The number of nitrogens with two attached hydrogens (primary N) is 1. The van der Waals surface area contributed by atoms with Gasteiger partial charge in [0.2, 0.25) is 5.91 Å². The molecule has 1 atom stereocenters. The van der Waals surface area contributed by atoms with Crippen LogP contribution in [0.4, 0.5) is 10.1 Å². The molecule has 0 saturated carbocycles. The Balaban J connectivity index is 2.62. The number of halogens is 2. The molecule has 3 nitrogen and oxygen atoms in total. The van der Waals surface area contributed by atoms with Gasteiger partial charge >= 0.3 is 0 Å². The first kappa shape index (κ1) is 11.8. The molecular formula is C10H12ClFN2O. The first-order valence-electron chi connectivity index (χ1n) is 4.49. The van der Waals surface area contributed by atoms with Crippen LogP contribution in [-0.2, 0) is 4.79 Å². The molecule has 82 valence electrons. The molecule has 0 fully saturated rings. The highest BCUT2D eigenvalue weighted by Gasteiger charge is 2.09. The maximum Gasteiger partial charge on any atom is 0.222 e. The number of amides is 1. The van der Waals surface area contributed by atoms with Gasteiger partial charge in [-0.2, -0.15) is 0 Å². The fraction of sp³-hybridized carbons (Fsp3) is 0.300. The van der Waals surface area contributed by atoms with Crippen molar-refractivity contribution in [3.8, 4) is 0 Å². The second kappa shape index (κ2) is 4.98. The third kappa shape index (κ3) is 3.40. The van der Waals surface area contributed by atoms with Crippen LogP contribution in [0.1, 0.15) is 6.92 Å². The number of primary amides is 1. The quantitative estimate of drug-likeness (QED) is 0.832. The average Bonchev–Trinajstić information content (AvgIpc) is 2.15. The number of hydrogen-bond acceptors (Lipinski definition) is 2. The fourth-order valence-electron chi connectivity index (χ4n) is 0.996. The number of carbonyl (C=O) groups excluding carboxylic acids is 1. The van der Waals surface area contributed by atoms with E-state index in [1.54, 1.807) is 6.92 Å². The number of hydrogen-bond donors (Lipinski definition) is 2. The van der Waals surface area contributed by atoms with Crippen molar-refractivity contribution in [3.63, 3.8) is 0 Å². The highest BCUT2D eigenvalue weighted by atomic mass is 35.5.